The Labute approximate surface area is 125 Å². The average molecular weight is 292 g/mol. The highest BCUT2D eigenvalue weighted by atomic mass is 32.1. The number of hydrogen-bond donors (Lipinski definition) is 1. The van der Waals surface area contributed by atoms with Crippen LogP contribution in [0.3, 0.4) is 0 Å². The normalized spacial score (nSPS) is 31.9. The van der Waals surface area contributed by atoms with Crippen molar-refractivity contribution >= 4 is 17.2 Å². The van der Waals surface area contributed by atoms with Gasteiger partial charge in [0.05, 0.1) is 5.54 Å². The Bertz CT molecular complexity index is 483. The number of thiophene rings is 1. The third-order valence-corrected chi connectivity index (χ3v) is 5.55. The maximum atomic E-state index is 12.9. The van der Waals surface area contributed by atoms with Gasteiger partial charge in [0.2, 0.25) is 5.91 Å². The summed E-state index contributed by atoms with van der Waals surface area (Å²) < 4.78 is 0. The van der Waals surface area contributed by atoms with Crippen molar-refractivity contribution in [2.75, 3.05) is 0 Å². The first-order valence-corrected chi connectivity index (χ1v) is 8.62. The van der Waals surface area contributed by atoms with Gasteiger partial charge in [-0.15, -0.1) is 0 Å². The summed E-state index contributed by atoms with van der Waals surface area (Å²) in [6.45, 7) is 6.34. The first-order valence-electron chi connectivity index (χ1n) is 7.67. The lowest BCUT2D eigenvalue weighted by Crippen LogP contribution is -2.44. The zero-order chi connectivity index (χ0) is 14.3. The van der Waals surface area contributed by atoms with Gasteiger partial charge in [0.1, 0.15) is 6.17 Å². The molecular formula is C16H24N2OS. The van der Waals surface area contributed by atoms with E-state index in [2.05, 4.69) is 40.9 Å². The summed E-state index contributed by atoms with van der Waals surface area (Å²) in [6.07, 6.45) is 4.71. The van der Waals surface area contributed by atoms with E-state index in [-0.39, 0.29) is 12.1 Å². The standard InChI is InChI=1S/C16H24N2OS/c1-4-16(3)15(19)18(11(2)9-12-5-6-12)14(17-16)13-7-8-20-10-13/h7-8,10-12,14,17H,4-6,9H2,1-3H3. The van der Waals surface area contributed by atoms with Crippen LogP contribution < -0.4 is 5.32 Å². The molecule has 3 nitrogen and oxygen atoms in total. The molecule has 0 radical (unpaired) electrons. The van der Waals surface area contributed by atoms with Crippen molar-refractivity contribution in [2.24, 2.45) is 5.92 Å². The van der Waals surface area contributed by atoms with Crippen molar-refractivity contribution < 1.29 is 4.79 Å². The van der Waals surface area contributed by atoms with Crippen molar-refractivity contribution in [3.8, 4) is 0 Å². The van der Waals surface area contributed by atoms with E-state index in [4.69, 9.17) is 0 Å². The van der Waals surface area contributed by atoms with Gasteiger partial charge in [0.15, 0.2) is 0 Å². The molecule has 1 aliphatic heterocycles. The van der Waals surface area contributed by atoms with E-state index in [0.29, 0.717) is 6.04 Å². The van der Waals surface area contributed by atoms with Gasteiger partial charge in [0, 0.05) is 6.04 Å². The van der Waals surface area contributed by atoms with Gasteiger partial charge in [0.25, 0.3) is 0 Å². The molecule has 3 atom stereocenters. The molecule has 1 aromatic rings. The predicted octanol–water partition coefficient (Wildman–Crippen LogP) is 3.54. The first kappa shape index (κ1) is 14.1. The molecule has 0 bridgehead atoms. The zero-order valence-electron chi connectivity index (χ0n) is 12.6. The monoisotopic (exact) mass is 292 g/mol. The molecule has 3 rings (SSSR count). The fourth-order valence-electron chi connectivity index (χ4n) is 3.17. The van der Waals surface area contributed by atoms with Gasteiger partial charge in [-0.3, -0.25) is 10.1 Å². The molecule has 0 aromatic carbocycles. The molecule has 1 amide bonds. The number of carbonyl (C=O) groups is 1. The largest absolute Gasteiger partial charge is 0.319 e. The first-order chi connectivity index (χ1) is 9.55. The maximum Gasteiger partial charge on any atom is 0.244 e. The van der Waals surface area contributed by atoms with E-state index in [9.17, 15) is 4.79 Å². The van der Waals surface area contributed by atoms with Crippen molar-refractivity contribution in [1.29, 1.82) is 0 Å². The van der Waals surface area contributed by atoms with Crippen LogP contribution in [0.4, 0.5) is 0 Å². The summed E-state index contributed by atoms with van der Waals surface area (Å²) in [7, 11) is 0. The third kappa shape index (κ3) is 2.40. The molecular weight excluding hydrogens is 268 g/mol. The fraction of sp³-hybridized carbons (Fsp3) is 0.688. The second kappa shape index (κ2) is 5.15. The molecule has 1 N–H and O–H groups in total. The Morgan fingerprint density at radius 1 is 1.55 bits per heavy atom. The van der Waals surface area contributed by atoms with E-state index in [0.717, 1.165) is 18.8 Å². The number of nitrogens with zero attached hydrogens (tertiary/aromatic N) is 1. The van der Waals surface area contributed by atoms with Crippen LogP contribution in [-0.2, 0) is 4.79 Å². The highest BCUT2D eigenvalue weighted by Gasteiger charge is 2.49. The minimum Gasteiger partial charge on any atom is -0.319 e. The highest BCUT2D eigenvalue weighted by Crippen LogP contribution is 2.40. The zero-order valence-corrected chi connectivity index (χ0v) is 13.4. The second-order valence-corrected chi connectivity index (χ2v) is 7.31. The van der Waals surface area contributed by atoms with Crippen molar-refractivity contribution in [3.05, 3.63) is 22.4 Å². The molecule has 110 valence electrons. The van der Waals surface area contributed by atoms with Gasteiger partial charge < -0.3 is 4.90 Å². The maximum absolute atomic E-state index is 12.9. The molecule has 20 heavy (non-hydrogen) atoms. The Balaban J connectivity index is 1.87. The number of carbonyl (C=O) groups excluding carboxylic acids is 1. The molecule has 0 spiro atoms. The summed E-state index contributed by atoms with van der Waals surface area (Å²) in [4.78, 5) is 15.0. The third-order valence-electron chi connectivity index (χ3n) is 4.85. The summed E-state index contributed by atoms with van der Waals surface area (Å²) in [6, 6.07) is 2.45. The van der Waals surface area contributed by atoms with Crippen LogP contribution in [0.5, 0.6) is 0 Å². The fourth-order valence-corrected chi connectivity index (χ4v) is 3.85. The Hall–Kier alpha value is -0.870. The molecule has 1 saturated heterocycles. The van der Waals surface area contributed by atoms with E-state index in [1.165, 1.54) is 18.4 Å². The Morgan fingerprint density at radius 2 is 2.30 bits per heavy atom. The van der Waals surface area contributed by atoms with E-state index in [1.807, 2.05) is 6.92 Å². The van der Waals surface area contributed by atoms with Crippen LogP contribution in [0.1, 0.15) is 58.2 Å². The number of hydrogen-bond acceptors (Lipinski definition) is 3. The molecule has 1 saturated carbocycles. The quantitative estimate of drug-likeness (QED) is 0.900. The smallest absolute Gasteiger partial charge is 0.244 e. The summed E-state index contributed by atoms with van der Waals surface area (Å²) in [5, 5.41) is 7.82. The highest BCUT2D eigenvalue weighted by molar-refractivity contribution is 7.07. The lowest BCUT2D eigenvalue weighted by molar-refractivity contribution is -0.135. The van der Waals surface area contributed by atoms with E-state index >= 15 is 0 Å². The second-order valence-electron chi connectivity index (χ2n) is 6.53. The van der Waals surface area contributed by atoms with Crippen LogP contribution in [0.25, 0.3) is 0 Å². The SMILES string of the molecule is CCC1(C)NC(c2ccsc2)N(C(C)CC2CC2)C1=O. The van der Waals surface area contributed by atoms with Crippen LogP contribution in [0.15, 0.2) is 16.8 Å². The molecule has 1 aromatic heterocycles. The molecule has 3 unspecified atom stereocenters. The number of rotatable bonds is 5. The summed E-state index contributed by atoms with van der Waals surface area (Å²) in [5.41, 5.74) is 0.813. The molecule has 4 heteroatoms. The van der Waals surface area contributed by atoms with Gasteiger partial charge in [-0.05, 0) is 55.0 Å². The average Bonchev–Trinajstić information content (AvgIpc) is 2.99. The summed E-state index contributed by atoms with van der Waals surface area (Å²) in [5.74, 6) is 1.11. The van der Waals surface area contributed by atoms with E-state index in [1.54, 1.807) is 11.3 Å². The van der Waals surface area contributed by atoms with Crippen LogP contribution in [-0.4, -0.2) is 22.4 Å². The van der Waals surface area contributed by atoms with Gasteiger partial charge >= 0.3 is 0 Å². The van der Waals surface area contributed by atoms with Gasteiger partial charge in [-0.25, -0.2) is 0 Å². The van der Waals surface area contributed by atoms with Crippen molar-refractivity contribution in [1.82, 2.24) is 10.2 Å². The topological polar surface area (TPSA) is 32.3 Å². The number of nitrogens with one attached hydrogen (secondary N) is 1. The van der Waals surface area contributed by atoms with Crippen LogP contribution in [0, 0.1) is 5.92 Å². The predicted molar refractivity (Wildman–Crippen MR) is 82.5 cm³/mol. The Morgan fingerprint density at radius 3 is 2.85 bits per heavy atom. The summed E-state index contributed by atoms with van der Waals surface area (Å²) >= 11 is 1.70. The lowest BCUT2D eigenvalue weighted by atomic mass is 9.98. The minimum atomic E-state index is -0.412. The Kier molecular flexibility index (Phi) is 3.63. The van der Waals surface area contributed by atoms with E-state index < -0.39 is 5.54 Å². The van der Waals surface area contributed by atoms with Crippen molar-refractivity contribution in [3.63, 3.8) is 0 Å². The molecule has 2 fully saturated rings. The molecule has 1 aliphatic carbocycles. The minimum absolute atomic E-state index is 0.0486. The lowest BCUT2D eigenvalue weighted by Gasteiger charge is -2.30. The van der Waals surface area contributed by atoms with Crippen LogP contribution in [0.2, 0.25) is 0 Å². The van der Waals surface area contributed by atoms with Crippen molar-refractivity contribution in [2.45, 2.75) is 64.2 Å². The number of amides is 1. The van der Waals surface area contributed by atoms with Gasteiger partial charge in [-0.2, -0.15) is 11.3 Å². The molecule has 2 heterocycles. The van der Waals surface area contributed by atoms with Gasteiger partial charge in [-0.1, -0.05) is 19.8 Å². The van der Waals surface area contributed by atoms with Crippen LogP contribution >= 0.6 is 11.3 Å². The molecule has 2 aliphatic rings.